The van der Waals surface area contributed by atoms with E-state index >= 15 is 0 Å². The van der Waals surface area contributed by atoms with Crippen LogP contribution in [0.4, 0.5) is 5.82 Å². The molecule has 0 aromatic carbocycles. The molecule has 4 heterocycles. The fourth-order valence-corrected chi connectivity index (χ4v) is 5.26. The monoisotopic (exact) mass is 454 g/mol. The number of amides is 1. The molecular formula is C22H22N4O3S2. The van der Waals surface area contributed by atoms with Crippen LogP contribution < -0.4 is 10.5 Å². The lowest BCUT2D eigenvalue weighted by atomic mass is 10.0. The normalized spacial score (nSPS) is 18.2. The minimum atomic E-state index is -0.317. The van der Waals surface area contributed by atoms with Crippen LogP contribution in [0.1, 0.15) is 41.7 Å². The fraction of sp³-hybridized carbons (Fsp3) is 0.364. The number of nitrogens with zero attached hydrogens (tertiary/aromatic N) is 4. The van der Waals surface area contributed by atoms with E-state index in [4.69, 9.17) is 16.6 Å². The van der Waals surface area contributed by atoms with Crippen molar-refractivity contribution in [2.24, 2.45) is 7.05 Å². The first kappa shape index (κ1) is 21.4. The van der Waals surface area contributed by atoms with Gasteiger partial charge >= 0.3 is 0 Å². The number of anilines is 1. The summed E-state index contributed by atoms with van der Waals surface area (Å²) in [6.45, 7) is 3.70. The van der Waals surface area contributed by atoms with Gasteiger partial charge in [0.15, 0.2) is 0 Å². The molecule has 2 fully saturated rings. The maximum absolute atomic E-state index is 13.1. The average molecular weight is 455 g/mol. The number of hydrogen-bond donors (Lipinski definition) is 0. The number of carbonyl (C=O) groups excluding carboxylic acids is 1. The summed E-state index contributed by atoms with van der Waals surface area (Å²) in [6.07, 6.45) is 6.57. The van der Waals surface area contributed by atoms with Crippen LogP contribution in [0.25, 0.3) is 6.08 Å². The zero-order valence-electron chi connectivity index (χ0n) is 17.4. The van der Waals surface area contributed by atoms with Gasteiger partial charge in [0.1, 0.15) is 27.5 Å². The Morgan fingerprint density at radius 1 is 1.29 bits per heavy atom. The predicted molar refractivity (Wildman–Crippen MR) is 125 cm³/mol. The highest BCUT2D eigenvalue weighted by molar-refractivity contribution is 8.26. The third-order valence-electron chi connectivity index (χ3n) is 5.67. The van der Waals surface area contributed by atoms with Crippen molar-refractivity contribution in [3.8, 4) is 6.07 Å². The van der Waals surface area contributed by atoms with Crippen LogP contribution in [-0.2, 0) is 18.4 Å². The van der Waals surface area contributed by atoms with Gasteiger partial charge in [-0.05, 0) is 50.0 Å². The van der Waals surface area contributed by atoms with Gasteiger partial charge in [-0.1, -0.05) is 24.0 Å². The lowest BCUT2D eigenvalue weighted by Gasteiger charge is -2.32. The molecule has 0 radical (unpaired) electrons. The lowest BCUT2D eigenvalue weighted by Crippen LogP contribution is -2.36. The maximum atomic E-state index is 13.1. The van der Waals surface area contributed by atoms with E-state index < -0.39 is 0 Å². The zero-order valence-corrected chi connectivity index (χ0v) is 19.0. The number of thioether (sulfide) groups is 1. The number of thiocarbonyl (C=S) groups is 1. The lowest BCUT2D eigenvalue weighted by molar-refractivity contribution is -0.122. The van der Waals surface area contributed by atoms with Gasteiger partial charge in [0.2, 0.25) is 0 Å². The first-order chi connectivity index (χ1) is 14.9. The van der Waals surface area contributed by atoms with Gasteiger partial charge in [0, 0.05) is 25.7 Å². The Morgan fingerprint density at radius 2 is 2.03 bits per heavy atom. The SMILES string of the molecule is Cc1c(/C=C2\SC(=S)N(Cc3ccco3)C2=O)c(N2CCCCC2)n(C)c(=O)c1C#N. The van der Waals surface area contributed by atoms with E-state index in [2.05, 4.69) is 4.90 Å². The van der Waals surface area contributed by atoms with Crippen molar-refractivity contribution in [2.75, 3.05) is 18.0 Å². The average Bonchev–Trinajstić information content (AvgIpc) is 3.37. The van der Waals surface area contributed by atoms with E-state index in [1.165, 1.54) is 21.2 Å². The van der Waals surface area contributed by atoms with E-state index in [0.29, 0.717) is 20.5 Å². The van der Waals surface area contributed by atoms with Crippen molar-refractivity contribution < 1.29 is 9.21 Å². The zero-order chi connectivity index (χ0) is 22.1. The van der Waals surface area contributed by atoms with Gasteiger partial charge in [0.25, 0.3) is 11.5 Å². The van der Waals surface area contributed by atoms with Crippen molar-refractivity contribution in [2.45, 2.75) is 32.7 Å². The number of piperidine rings is 1. The van der Waals surface area contributed by atoms with Crippen molar-refractivity contribution in [1.82, 2.24) is 9.47 Å². The Hall–Kier alpha value is -2.83. The van der Waals surface area contributed by atoms with Crippen LogP contribution in [-0.4, -0.2) is 32.8 Å². The van der Waals surface area contributed by atoms with E-state index in [-0.39, 0.29) is 23.6 Å². The molecule has 0 unspecified atom stereocenters. The molecule has 0 bridgehead atoms. The van der Waals surface area contributed by atoms with Crippen LogP contribution >= 0.6 is 24.0 Å². The molecule has 1 amide bonds. The highest BCUT2D eigenvalue weighted by Crippen LogP contribution is 2.36. The molecule has 0 spiro atoms. The molecule has 0 N–H and O–H groups in total. The molecule has 2 aliphatic heterocycles. The van der Waals surface area contributed by atoms with Crippen LogP contribution in [0, 0.1) is 18.3 Å². The van der Waals surface area contributed by atoms with Crippen molar-refractivity contribution in [3.63, 3.8) is 0 Å². The quantitative estimate of drug-likeness (QED) is 0.516. The summed E-state index contributed by atoms with van der Waals surface area (Å²) in [7, 11) is 1.69. The molecule has 7 nitrogen and oxygen atoms in total. The maximum Gasteiger partial charge on any atom is 0.270 e. The topological polar surface area (TPSA) is 82.5 Å². The number of aromatic nitrogens is 1. The molecule has 0 aliphatic carbocycles. The predicted octanol–water partition coefficient (Wildman–Crippen LogP) is 3.55. The van der Waals surface area contributed by atoms with Gasteiger partial charge in [-0.2, -0.15) is 5.26 Å². The summed E-state index contributed by atoms with van der Waals surface area (Å²) in [5, 5.41) is 9.58. The summed E-state index contributed by atoms with van der Waals surface area (Å²) >= 11 is 6.66. The van der Waals surface area contributed by atoms with Gasteiger partial charge in [-0.15, -0.1) is 0 Å². The minimum Gasteiger partial charge on any atom is -0.467 e. The molecule has 2 aromatic rings. The van der Waals surface area contributed by atoms with Gasteiger partial charge < -0.3 is 9.32 Å². The number of furan rings is 1. The molecule has 2 saturated heterocycles. The Bertz CT molecular complexity index is 1170. The second kappa shape index (κ2) is 8.73. The molecule has 0 atom stereocenters. The first-order valence-electron chi connectivity index (χ1n) is 10.1. The summed E-state index contributed by atoms with van der Waals surface area (Å²) in [5.41, 5.74) is 1.09. The molecule has 2 aliphatic rings. The minimum absolute atomic E-state index is 0.0978. The second-order valence-corrected chi connectivity index (χ2v) is 9.28. The van der Waals surface area contributed by atoms with E-state index in [9.17, 15) is 14.9 Å². The number of carbonyl (C=O) groups is 1. The molecule has 9 heteroatoms. The molecule has 160 valence electrons. The van der Waals surface area contributed by atoms with E-state index in [1.54, 1.807) is 38.4 Å². The van der Waals surface area contributed by atoms with Crippen LogP contribution in [0.5, 0.6) is 0 Å². The highest BCUT2D eigenvalue weighted by Gasteiger charge is 2.33. The van der Waals surface area contributed by atoms with Crippen LogP contribution in [0.3, 0.4) is 0 Å². The molecule has 2 aromatic heterocycles. The Labute approximate surface area is 189 Å². The molecule has 31 heavy (non-hydrogen) atoms. The largest absolute Gasteiger partial charge is 0.467 e. The first-order valence-corrected chi connectivity index (χ1v) is 11.3. The van der Waals surface area contributed by atoms with Crippen LogP contribution in [0.2, 0.25) is 0 Å². The summed E-state index contributed by atoms with van der Waals surface area (Å²) in [6, 6.07) is 5.60. The van der Waals surface area contributed by atoms with Gasteiger partial charge in [0.05, 0.1) is 17.7 Å². The number of pyridine rings is 1. The third kappa shape index (κ3) is 3.93. The smallest absolute Gasteiger partial charge is 0.270 e. The molecule has 4 rings (SSSR count). The Kier molecular flexibility index (Phi) is 6.03. The van der Waals surface area contributed by atoms with Crippen molar-refractivity contribution >= 4 is 46.1 Å². The van der Waals surface area contributed by atoms with E-state index in [1.807, 2.05) is 6.07 Å². The molecular weight excluding hydrogens is 432 g/mol. The van der Waals surface area contributed by atoms with Crippen molar-refractivity contribution in [3.05, 3.63) is 56.1 Å². The number of hydrogen-bond acceptors (Lipinski definition) is 7. The second-order valence-electron chi connectivity index (χ2n) is 7.61. The van der Waals surface area contributed by atoms with Crippen LogP contribution in [0.15, 0.2) is 32.5 Å². The number of nitriles is 1. The third-order valence-corrected chi connectivity index (χ3v) is 7.04. The fourth-order valence-electron chi connectivity index (χ4n) is 4.03. The number of rotatable bonds is 4. The van der Waals surface area contributed by atoms with Gasteiger partial charge in [-0.3, -0.25) is 19.1 Å². The Morgan fingerprint density at radius 3 is 2.68 bits per heavy atom. The summed E-state index contributed by atoms with van der Waals surface area (Å²) in [4.78, 5) is 30.1. The summed E-state index contributed by atoms with van der Waals surface area (Å²) in [5.74, 6) is 1.19. The van der Waals surface area contributed by atoms with Crippen molar-refractivity contribution in [1.29, 1.82) is 5.26 Å². The Balaban J connectivity index is 1.80. The van der Waals surface area contributed by atoms with E-state index in [0.717, 1.165) is 43.7 Å². The van der Waals surface area contributed by atoms with Gasteiger partial charge in [-0.25, -0.2) is 0 Å². The standard InChI is InChI=1S/C22H22N4O3S2/c1-14-16(11-18-21(28)26(22(30)31-18)13-15-7-6-10-29-15)19(25-8-4-3-5-9-25)24(2)20(27)17(14)12-23/h6-7,10-11H,3-5,8-9,13H2,1-2H3/b18-11-. The molecule has 0 saturated carbocycles. The highest BCUT2D eigenvalue weighted by atomic mass is 32.2. The summed E-state index contributed by atoms with van der Waals surface area (Å²) < 4.78 is 7.35.